The second-order valence-electron chi connectivity index (χ2n) is 7.79. The Balaban J connectivity index is 1.40. The number of amides is 2. The van der Waals surface area contributed by atoms with E-state index in [1.807, 2.05) is 17.6 Å². The lowest BCUT2D eigenvalue weighted by molar-refractivity contribution is -0.121. The summed E-state index contributed by atoms with van der Waals surface area (Å²) in [7, 11) is -3.83. The van der Waals surface area contributed by atoms with E-state index in [2.05, 4.69) is 15.8 Å². The zero-order valence-corrected chi connectivity index (χ0v) is 19.3. The Kier molecular flexibility index (Phi) is 6.31. The predicted octanol–water partition coefficient (Wildman–Crippen LogP) is 2.04. The van der Waals surface area contributed by atoms with Crippen molar-refractivity contribution in [3.63, 3.8) is 0 Å². The van der Waals surface area contributed by atoms with Crippen LogP contribution < -0.4 is 16.0 Å². The molecular formula is C21H25N5O4S2. The molecule has 9 nitrogen and oxygen atoms in total. The standard InChI is InChI=1S/C21H25N5O4S2/c1-2-10-26-16-7-6-14(32(22,29)30)12-15(16)23-19(26)8-9-20(27)24-25-21(28)18-11-13-4-3-5-17(13)31-18/h6-7,11-12H,2-5,8-10H2,1H3,(H,24,27)(H,25,28)(H2,22,29,30). The number of nitrogens with one attached hydrogen (secondary N) is 2. The molecule has 2 heterocycles. The summed E-state index contributed by atoms with van der Waals surface area (Å²) in [6, 6.07) is 6.48. The fourth-order valence-corrected chi connectivity index (χ4v) is 5.60. The molecule has 0 radical (unpaired) electrons. The van der Waals surface area contributed by atoms with Crippen LogP contribution in [0.1, 0.15) is 52.1 Å². The summed E-state index contributed by atoms with van der Waals surface area (Å²) < 4.78 is 25.2. The molecule has 1 aliphatic carbocycles. The van der Waals surface area contributed by atoms with Gasteiger partial charge < -0.3 is 4.57 Å². The van der Waals surface area contributed by atoms with Crippen molar-refractivity contribution in [3.05, 3.63) is 45.4 Å². The molecule has 4 N–H and O–H groups in total. The molecule has 0 aliphatic heterocycles. The van der Waals surface area contributed by atoms with Gasteiger partial charge in [0.15, 0.2) is 0 Å². The normalized spacial score (nSPS) is 13.3. The highest BCUT2D eigenvalue weighted by molar-refractivity contribution is 7.89. The zero-order chi connectivity index (χ0) is 22.9. The predicted molar refractivity (Wildman–Crippen MR) is 122 cm³/mol. The average Bonchev–Trinajstić information content (AvgIpc) is 3.43. The summed E-state index contributed by atoms with van der Waals surface area (Å²) in [6.07, 6.45) is 4.46. The molecule has 11 heteroatoms. The van der Waals surface area contributed by atoms with E-state index in [0.29, 0.717) is 29.2 Å². The first-order valence-corrected chi connectivity index (χ1v) is 12.8. The van der Waals surface area contributed by atoms with Gasteiger partial charge in [-0.25, -0.2) is 18.5 Å². The van der Waals surface area contributed by atoms with Crippen molar-refractivity contribution < 1.29 is 18.0 Å². The molecule has 4 rings (SSSR count). The van der Waals surface area contributed by atoms with Gasteiger partial charge in [-0.2, -0.15) is 0 Å². The molecule has 0 unspecified atom stereocenters. The van der Waals surface area contributed by atoms with E-state index >= 15 is 0 Å². The van der Waals surface area contributed by atoms with Crippen LogP contribution in [-0.4, -0.2) is 29.8 Å². The molecule has 1 aliphatic rings. The Morgan fingerprint density at radius 1 is 1.22 bits per heavy atom. The smallest absolute Gasteiger partial charge is 0.279 e. The number of nitrogens with two attached hydrogens (primary N) is 1. The second-order valence-corrected chi connectivity index (χ2v) is 10.5. The molecule has 0 saturated carbocycles. The van der Waals surface area contributed by atoms with Gasteiger partial charge >= 0.3 is 0 Å². The number of rotatable bonds is 7. The fourth-order valence-electron chi connectivity index (χ4n) is 3.92. The van der Waals surface area contributed by atoms with Crippen LogP contribution >= 0.6 is 11.3 Å². The minimum Gasteiger partial charge on any atom is -0.328 e. The highest BCUT2D eigenvalue weighted by Gasteiger charge is 2.19. The number of hydrazine groups is 1. The van der Waals surface area contributed by atoms with Crippen LogP contribution in [-0.2, 0) is 40.6 Å². The first kappa shape index (κ1) is 22.4. The molecule has 0 atom stereocenters. The average molecular weight is 476 g/mol. The number of aromatic nitrogens is 2. The maximum Gasteiger partial charge on any atom is 0.279 e. The summed E-state index contributed by atoms with van der Waals surface area (Å²) in [5, 5.41) is 5.22. The van der Waals surface area contributed by atoms with Gasteiger partial charge in [0.2, 0.25) is 15.9 Å². The number of benzene rings is 1. The summed E-state index contributed by atoms with van der Waals surface area (Å²) >= 11 is 1.48. The van der Waals surface area contributed by atoms with Crippen LogP contribution in [0.5, 0.6) is 0 Å². The van der Waals surface area contributed by atoms with Crippen LogP contribution in [0.15, 0.2) is 29.2 Å². The molecular weight excluding hydrogens is 450 g/mol. The van der Waals surface area contributed by atoms with E-state index < -0.39 is 10.0 Å². The molecule has 0 fully saturated rings. The molecule has 2 aromatic heterocycles. The van der Waals surface area contributed by atoms with Crippen molar-refractivity contribution in [1.29, 1.82) is 0 Å². The summed E-state index contributed by atoms with van der Waals surface area (Å²) in [5.41, 5.74) is 7.47. The van der Waals surface area contributed by atoms with E-state index in [1.54, 1.807) is 6.07 Å². The Labute approximate surface area is 190 Å². The Morgan fingerprint density at radius 2 is 2.03 bits per heavy atom. The first-order chi connectivity index (χ1) is 15.3. The molecule has 1 aromatic carbocycles. The van der Waals surface area contributed by atoms with Crippen molar-refractivity contribution in [3.8, 4) is 0 Å². The second kappa shape index (κ2) is 9.00. The topological polar surface area (TPSA) is 136 Å². The minimum absolute atomic E-state index is 0.00212. The van der Waals surface area contributed by atoms with Gasteiger partial charge in [0, 0.05) is 24.3 Å². The molecule has 0 spiro atoms. The van der Waals surface area contributed by atoms with Crippen molar-refractivity contribution in [2.24, 2.45) is 5.14 Å². The Hall–Kier alpha value is -2.76. The largest absolute Gasteiger partial charge is 0.328 e. The van der Waals surface area contributed by atoms with Crippen molar-refractivity contribution in [2.45, 2.75) is 56.9 Å². The van der Waals surface area contributed by atoms with Crippen LogP contribution in [0.4, 0.5) is 0 Å². The number of aryl methyl sites for hydroxylation is 4. The van der Waals surface area contributed by atoms with E-state index in [0.717, 1.165) is 31.2 Å². The fraction of sp³-hybridized carbons (Fsp3) is 0.381. The molecule has 0 bridgehead atoms. The number of primary sulfonamides is 1. The van der Waals surface area contributed by atoms with Crippen LogP contribution in [0.3, 0.4) is 0 Å². The molecule has 170 valence electrons. The van der Waals surface area contributed by atoms with Gasteiger partial charge in [-0.15, -0.1) is 11.3 Å². The van der Waals surface area contributed by atoms with Gasteiger partial charge in [-0.3, -0.25) is 20.4 Å². The van der Waals surface area contributed by atoms with Crippen LogP contribution in [0.25, 0.3) is 11.0 Å². The third kappa shape index (κ3) is 4.69. The number of carbonyl (C=O) groups excluding carboxylic acids is 2. The van der Waals surface area contributed by atoms with E-state index in [4.69, 9.17) is 5.14 Å². The summed E-state index contributed by atoms with van der Waals surface area (Å²) in [6.45, 7) is 2.71. The number of carbonyl (C=O) groups is 2. The Bertz CT molecular complexity index is 1270. The molecule has 0 saturated heterocycles. The number of imidazole rings is 1. The molecule has 3 aromatic rings. The highest BCUT2D eigenvalue weighted by atomic mass is 32.2. The molecule has 32 heavy (non-hydrogen) atoms. The lowest BCUT2D eigenvalue weighted by atomic mass is 10.2. The summed E-state index contributed by atoms with van der Waals surface area (Å²) in [5.74, 6) is 0.0267. The molecule has 2 amide bonds. The van der Waals surface area contributed by atoms with E-state index in [9.17, 15) is 18.0 Å². The van der Waals surface area contributed by atoms with Gasteiger partial charge in [-0.05, 0) is 55.5 Å². The zero-order valence-electron chi connectivity index (χ0n) is 17.7. The number of hydrogen-bond donors (Lipinski definition) is 3. The lowest BCUT2D eigenvalue weighted by Crippen LogP contribution is -2.41. The first-order valence-electron chi connectivity index (χ1n) is 10.5. The van der Waals surface area contributed by atoms with Crippen molar-refractivity contribution in [1.82, 2.24) is 20.4 Å². The number of fused-ring (bicyclic) bond motifs is 2. The number of thiophene rings is 1. The maximum absolute atomic E-state index is 12.3. The SMILES string of the molecule is CCCn1c(CCC(=O)NNC(=O)c2cc3c(s2)CCC3)nc2cc(S(N)(=O)=O)ccc21. The lowest BCUT2D eigenvalue weighted by Gasteiger charge is -2.09. The minimum atomic E-state index is -3.83. The third-order valence-electron chi connectivity index (χ3n) is 5.44. The van der Waals surface area contributed by atoms with Gasteiger partial charge in [0.25, 0.3) is 5.91 Å². The van der Waals surface area contributed by atoms with Crippen LogP contribution in [0.2, 0.25) is 0 Å². The van der Waals surface area contributed by atoms with Crippen molar-refractivity contribution >= 4 is 44.2 Å². The summed E-state index contributed by atoms with van der Waals surface area (Å²) in [4.78, 5) is 31.0. The monoisotopic (exact) mass is 475 g/mol. The number of nitrogens with zero attached hydrogens (tertiary/aromatic N) is 2. The maximum atomic E-state index is 12.3. The number of hydrogen-bond acceptors (Lipinski definition) is 6. The Morgan fingerprint density at radius 3 is 2.75 bits per heavy atom. The highest BCUT2D eigenvalue weighted by Crippen LogP contribution is 2.30. The van der Waals surface area contributed by atoms with E-state index in [-0.39, 0.29) is 23.1 Å². The van der Waals surface area contributed by atoms with Crippen LogP contribution in [0, 0.1) is 0 Å². The van der Waals surface area contributed by atoms with E-state index in [1.165, 1.54) is 33.9 Å². The van der Waals surface area contributed by atoms with Gasteiger partial charge in [0.05, 0.1) is 20.8 Å². The van der Waals surface area contributed by atoms with Gasteiger partial charge in [0.1, 0.15) is 5.82 Å². The third-order valence-corrected chi connectivity index (χ3v) is 7.58. The van der Waals surface area contributed by atoms with Gasteiger partial charge in [-0.1, -0.05) is 6.92 Å². The quantitative estimate of drug-likeness (QED) is 0.449. The number of sulfonamides is 1. The van der Waals surface area contributed by atoms with Crippen molar-refractivity contribution in [2.75, 3.05) is 0 Å².